The lowest BCUT2D eigenvalue weighted by Crippen LogP contribution is -2.22. The summed E-state index contributed by atoms with van der Waals surface area (Å²) in [5.74, 6) is -0.433. The number of hydrogen-bond acceptors (Lipinski definition) is 4. The maximum absolute atomic E-state index is 11.7. The highest BCUT2D eigenvalue weighted by Gasteiger charge is 2.18. The van der Waals surface area contributed by atoms with Gasteiger partial charge in [0.05, 0.1) is 0 Å². The van der Waals surface area contributed by atoms with E-state index in [1.807, 2.05) is 29.6 Å². The summed E-state index contributed by atoms with van der Waals surface area (Å²) >= 11 is 7.28. The molecular formula is C13H12ClNO2S. The van der Waals surface area contributed by atoms with E-state index in [2.05, 4.69) is 0 Å². The van der Waals surface area contributed by atoms with Crippen LogP contribution in [0, 0.1) is 0 Å². The normalized spacial score (nSPS) is 12.1. The molecule has 1 atom stereocenters. The third kappa shape index (κ3) is 3.32. The minimum atomic E-state index is -0.718. The van der Waals surface area contributed by atoms with Gasteiger partial charge in [0, 0.05) is 9.90 Å². The third-order valence-corrected chi connectivity index (χ3v) is 3.56. The summed E-state index contributed by atoms with van der Waals surface area (Å²) in [5, 5.41) is 2.49. The number of hydrogen-bond donors (Lipinski definition) is 1. The van der Waals surface area contributed by atoms with Gasteiger partial charge in [-0.2, -0.15) is 0 Å². The number of nitrogens with two attached hydrogens (primary N) is 1. The number of ether oxygens (including phenoxy) is 1. The Morgan fingerprint density at radius 2 is 2.22 bits per heavy atom. The van der Waals surface area contributed by atoms with E-state index in [4.69, 9.17) is 22.1 Å². The molecule has 5 heteroatoms. The Morgan fingerprint density at radius 3 is 2.89 bits per heavy atom. The monoisotopic (exact) mass is 281 g/mol. The zero-order valence-electron chi connectivity index (χ0n) is 9.51. The number of carbonyl (C=O) groups excluding carboxylic acids is 1. The van der Waals surface area contributed by atoms with Crippen LogP contribution in [0.2, 0.25) is 5.02 Å². The summed E-state index contributed by atoms with van der Waals surface area (Å²) in [6.07, 6.45) is 0. The first-order valence-corrected chi connectivity index (χ1v) is 6.62. The van der Waals surface area contributed by atoms with Crippen molar-refractivity contribution < 1.29 is 9.53 Å². The zero-order valence-corrected chi connectivity index (χ0v) is 11.1. The van der Waals surface area contributed by atoms with Crippen LogP contribution in [0.15, 0.2) is 41.8 Å². The highest BCUT2D eigenvalue weighted by atomic mass is 35.5. The Bertz CT molecular complexity index is 528. The SMILES string of the molecule is NC(C(=O)OCc1cccc(Cl)c1)c1cccs1. The standard InChI is InChI=1S/C13H12ClNO2S/c14-10-4-1-3-9(7-10)8-17-13(16)12(15)11-5-2-6-18-11/h1-7,12H,8,15H2. The summed E-state index contributed by atoms with van der Waals surface area (Å²) in [6, 6.07) is 10.1. The molecule has 0 saturated carbocycles. The summed E-state index contributed by atoms with van der Waals surface area (Å²) in [6.45, 7) is 0.179. The van der Waals surface area contributed by atoms with Crippen molar-refractivity contribution >= 4 is 28.9 Å². The van der Waals surface area contributed by atoms with Crippen LogP contribution in [0.25, 0.3) is 0 Å². The second-order valence-corrected chi connectivity index (χ2v) is 5.15. The summed E-state index contributed by atoms with van der Waals surface area (Å²) < 4.78 is 5.15. The molecular weight excluding hydrogens is 270 g/mol. The Hall–Kier alpha value is -1.36. The fourth-order valence-electron chi connectivity index (χ4n) is 1.46. The van der Waals surface area contributed by atoms with E-state index in [1.165, 1.54) is 11.3 Å². The minimum absolute atomic E-state index is 0.179. The second-order valence-electron chi connectivity index (χ2n) is 3.73. The van der Waals surface area contributed by atoms with Gasteiger partial charge in [0.2, 0.25) is 0 Å². The van der Waals surface area contributed by atoms with E-state index in [0.717, 1.165) is 10.4 Å². The first kappa shape index (κ1) is 13.1. The minimum Gasteiger partial charge on any atom is -0.459 e. The lowest BCUT2D eigenvalue weighted by atomic mass is 10.2. The molecule has 0 amide bonds. The van der Waals surface area contributed by atoms with E-state index in [9.17, 15) is 4.79 Å². The summed E-state index contributed by atoms with van der Waals surface area (Å²) in [7, 11) is 0. The van der Waals surface area contributed by atoms with Crippen molar-refractivity contribution in [1.29, 1.82) is 0 Å². The van der Waals surface area contributed by atoms with E-state index >= 15 is 0 Å². The first-order chi connectivity index (χ1) is 8.66. The topological polar surface area (TPSA) is 52.3 Å². The van der Waals surface area contributed by atoms with Gasteiger partial charge in [0.25, 0.3) is 0 Å². The molecule has 0 radical (unpaired) electrons. The highest BCUT2D eigenvalue weighted by Crippen LogP contribution is 2.19. The van der Waals surface area contributed by atoms with Crippen LogP contribution in [-0.4, -0.2) is 5.97 Å². The largest absolute Gasteiger partial charge is 0.459 e. The van der Waals surface area contributed by atoms with Crippen LogP contribution in [0.4, 0.5) is 0 Å². The van der Waals surface area contributed by atoms with Gasteiger partial charge < -0.3 is 10.5 Å². The smallest absolute Gasteiger partial charge is 0.328 e. The molecule has 94 valence electrons. The van der Waals surface area contributed by atoms with Crippen molar-refractivity contribution in [1.82, 2.24) is 0 Å². The lowest BCUT2D eigenvalue weighted by Gasteiger charge is -2.10. The van der Waals surface area contributed by atoms with Crippen molar-refractivity contribution in [3.05, 3.63) is 57.2 Å². The molecule has 1 unspecified atom stereocenters. The number of rotatable bonds is 4. The predicted octanol–water partition coefficient (Wildman–Crippen LogP) is 3.14. The van der Waals surface area contributed by atoms with Gasteiger partial charge in [-0.05, 0) is 29.1 Å². The quantitative estimate of drug-likeness (QED) is 0.876. The predicted molar refractivity (Wildman–Crippen MR) is 72.5 cm³/mol. The fraction of sp³-hybridized carbons (Fsp3) is 0.154. The first-order valence-electron chi connectivity index (χ1n) is 5.37. The van der Waals surface area contributed by atoms with Crippen LogP contribution in [-0.2, 0) is 16.1 Å². The molecule has 1 aromatic heterocycles. The molecule has 1 heterocycles. The van der Waals surface area contributed by atoms with Crippen LogP contribution in [0.1, 0.15) is 16.5 Å². The lowest BCUT2D eigenvalue weighted by molar-refractivity contribution is -0.146. The Balaban J connectivity index is 1.92. The van der Waals surface area contributed by atoms with Crippen LogP contribution in [0.5, 0.6) is 0 Å². The molecule has 0 spiro atoms. The van der Waals surface area contributed by atoms with Crippen molar-refractivity contribution in [2.75, 3.05) is 0 Å². The molecule has 0 aliphatic rings. The van der Waals surface area contributed by atoms with Crippen molar-refractivity contribution in [3.8, 4) is 0 Å². The number of halogens is 1. The Kier molecular flexibility index (Phi) is 4.36. The van der Waals surface area contributed by atoms with E-state index in [0.29, 0.717) is 5.02 Å². The van der Waals surface area contributed by atoms with Gasteiger partial charge in [0.1, 0.15) is 12.6 Å². The van der Waals surface area contributed by atoms with Gasteiger partial charge in [-0.15, -0.1) is 11.3 Å². The average Bonchev–Trinajstić information content (AvgIpc) is 2.89. The van der Waals surface area contributed by atoms with Crippen molar-refractivity contribution in [2.45, 2.75) is 12.6 Å². The molecule has 2 rings (SSSR count). The molecule has 0 saturated heterocycles. The van der Waals surface area contributed by atoms with Crippen LogP contribution in [0.3, 0.4) is 0 Å². The number of carbonyl (C=O) groups is 1. The van der Waals surface area contributed by atoms with E-state index in [-0.39, 0.29) is 6.61 Å². The molecule has 0 aliphatic heterocycles. The zero-order chi connectivity index (χ0) is 13.0. The summed E-state index contributed by atoms with van der Waals surface area (Å²) in [5.41, 5.74) is 6.63. The molecule has 0 aliphatic carbocycles. The molecule has 2 aromatic rings. The number of benzene rings is 1. The summed E-state index contributed by atoms with van der Waals surface area (Å²) in [4.78, 5) is 12.5. The van der Waals surface area contributed by atoms with Gasteiger partial charge >= 0.3 is 5.97 Å². The second kappa shape index (κ2) is 6.00. The Labute approximate surface area is 114 Å². The van der Waals surface area contributed by atoms with Gasteiger partial charge in [0.15, 0.2) is 0 Å². The average molecular weight is 282 g/mol. The Morgan fingerprint density at radius 1 is 1.39 bits per heavy atom. The third-order valence-electron chi connectivity index (χ3n) is 2.37. The van der Waals surface area contributed by atoms with Crippen molar-refractivity contribution in [3.63, 3.8) is 0 Å². The maximum Gasteiger partial charge on any atom is 0.328 e. The van der Waals surface area contributed by atoms with E-state index in [1.54, 1.807) is 12.1 Å². The molecule has 2 N–H and O–H groups in total. The highest BCUT2D eigenvalue weighted by molar-refractivity contribution is 7.10. The van der Waals surface area contributed by atoms with Crippen LogP contribution >= 0.6 is 22.9 Å². The molecule has 3 nitrogen and oxygen atoms in total. The molecule has 0 fully saturated rings. The number of esters is 1. The fourth-order valence-corrected chi connectivity index (χ4v) is 2.38. The van der Waals surface area contributed by atoms with E-state index < -0.39 is 12.0 Å². The molecule has 1 aromatic carbocycles. The number of thiophene rings is 1. The molecule has 18 heavy (non-hydrogen) atoms. The van der Waals surface area contributed by atoms with Crippen LogP contribution < -0.4 is 5.73 Å². The van der Waals surface area contributed by atoms with Gasteiger partial charge in [-0.25, -0.2) is 4.79 Å². The maximum atomic E-state index is 11.7. The molecule has 0 bridgehead atoms. The van der Waals surface area contributed by atoms with Gasteiger partial charge in [-0.1, -0.05) is 29.8 Å². The van der Waals surface area contributed by atoms with Gasteiger partial charge in [-0.3, -0.25) is 0 Å². The van der Waals surface area contributed by atoms with Crippen molar-refractivity contribution in [2.24, 2.45) is 5.73 Å².